The van der Waals surface area contributed by atoms with Gasteiger partial charge in [-0.25, -0.2) is 14.8 Å². The Balaban J connectivity index is 1.60. The minimum absolute atomic E-state index is 0.0999. The van der Waals surface area contributed by atoms with Gasteiger partial charge in [-0.15, -0.1) is 0 Å². The molecule has 138 valence electrons. The van der Waals surface area contributed by atoms with E-state index in [1.165, 1.54) is 0 Å². The average Bonchev–Trinajstić information content (AvgIpc) is 3.25. The van der Waals surface area contributed by atoms with E-state index in [4.69, 9.17) is 4.74 Å². The number of hydrogen-bond acceptors (Lipinski definition) is 4. The van der Waals surface area contributed by atoms with E-state index < -0.39 is 0 Å². The SMILES string of the molecule is Cc1nc2[nH]ccc2cc1-c1cnc2[nH]c(=O)n(CC3CCOCC3)c2c1. The Labute approximate surface area is 155 Å². The molecule has 1 aliphatic rings. The molecule has 1 saturated heterocycles. The Morgan fingerprint density at radius 1 is 1.26 bits per heavy atom. The number of nitrogens with one attached hydrogen (secondary N) is 2. The molecule has 7 heteroatoms. The summed E-state index contributed by atoms with van der Waals surface area (Å²) in [6.07, 6.45) is 5.67. The van der Waals surface area contributed by atoms with Gasteiger partial charge in [0.1, 0.15) is 5.65 Å². The fourth-order valence-electron chi connectivity index (χ4n) is 3.92. The molecule has 4 aromatic rings. The van der Waals surface area contributed by atoms with Gasteiger partial charge in [0.15, 0.2) is 5.65 Å². The molecule has 4 aromatic heterocycles. The molecule has 0 amide bonds. The Morgan fingerprint density at radius 2 is 2.11 bits per heavy atom. The number of ether oxygens (including phenoxy) is 1. The molecule has 27 heavy (non-hydrogen) atoms. The highest BCUT2D eigenvalue weighted by Gasteiger charge is 2.18. The van der Waals surface area contributed by atoms with Crippen LogP contribution < -0.4 is 5.69 Å². The quantitative estimate of drug-likeness (QED) is 0.586. The molecule has 0 bridgehead atoms. The van der Waals surface area contributed by atoms with Crippen molar-refractivity contribution in [3.8, 4) is 11.1 Å². The number of nitrogens with zero attached hydrogens (tertiary/aromatic N) is 3. The first-order valence-electron chi connectivity index (χ1n) is 9.30. The van der Waals surface area contributed by atoms with Crippen molar-refractivity contribution in [1.82, 2.24) is 24.5 Å². The molecule has 5 heterocycles. The molecule has 0 radical (unpaired) electrons. The molecule has 0 aromatic carbocycles. The molecular weight excluding hydrogens is 342 g/mol. The van der Waals surface area contributed by atoms with Gasteiger partial charge in [-0.2, -0.15) is 0 Å². The molecule has 1 aliphatic heterocycles. The summed E-state index contributed by atoms with van der Waals surface area (Å²) in [6.45, 7) is 4.23. The lowest BCUT2D eigenvalue weighted by Gasteiger charge is -2.22. The van der Waals surface area contributed by atoms with Gasteiger partial charge in [0, 0.05) is 54.4 Å². The summed E-state index contributed by atoms with van der Waals surface area (Å²) in [7, 11) is 0. The third-order valence-corrected chi connectivity index (χ3v) is 5.45. The summed E-state index contributed by atoms with van der Waals surface area (Å²) < 4.78 is 7.26. The van der Waals surface area contributed by atoms with Gasteiger partial charge in [0.2, 0.25) is 0 Å². The predicted molar refractivity (Wildman–Crippen MR) is 104 cm³/mol. The van der Waals surface area contributed by atoms with Crippen molar-refractivity contribution in [3.05, 3.63) is 46.8 Å². The standard InChI is InChI=1S/C20H21N5O2/c1-12-16(8-14-2-5-21-18(14)23-12)15-9-17-19(22-10-15)24-20(26)25(17)11-13-3-6-27-7-4-13/h2,5,8-10,13H,3-4,6-7,11H2,1H3,(H,21,23)(H,22,24,26). The number of fused-ring (bicyclic) bond motifs is 2. The zero-order valence-corrected chi connectivity index (χ0v) is 15.2. The normalized spacial score (nSPS) is 15.7. The molecular formula is C20H21N5O2. The first-order chi connectivity index (χ1) is 13.2. The smallest absolute Gasteiger partial charge is 0.327 e. The van der Waals surface area contributed by atoms with E-state index in [1.807, 2.05) is 29.8 Å². The number of imidazole rings is 1. The summed E-state index contributed by atoms with van der Waals surface area (Å²) in [4.78, 5) is 27.6. The van der Waals surface area contributed by atoms with Crippen molar-refractivity contribution in [1.29, 1.82) is 0 Å². The van der Waals surface area contributed by atoms with Crippen LogP contribution in [-0.2, 0) is 11.3 Å². The van der Waals surface area contributed by atoms with E-state index in [0.717, 1.165) is 59.4 Å². The molecule has 0 atom stereocenters. The highest BCUT2D eigenvalue weighted by molar-refractivity contribution is 5.85. The van der Waals surface area contributed by atoms with E-state index in [2.05, 4.69) is 26.0 Å². The number of aromatic amines is 2. The molecule has 1 fully saturated rings. The van der Waals surface area contributed by atoms with Crippen molar-refractivity contribution in [3.63, 3.8) is 0 Å². The molecule has 5 rings (SSSR count). The number of aryl methyl sites for hydroxylation is 1. The van der Waals surface area contributed by atoms with Gasteiger partial charge >= 0.3 is 5.69 Å². The maximum Gasteiger partial charge on any atom is 0.327 e. The summed E-state index contributed by atoms with van der Waals surface area (Å²) in [5.41, 5.74) is 5.18. The largest absolute Gasteiger partial charge is 0.381 e. The number of pyridine rings is 2. The zero-order valence-electron chi connectivity index (χ0n) is 15.2. The maximum absolute atomic E-state index is 12.5. The van der Waals surface area contributed by atoms with Crippen LogP contribution in [0.1, 0.15) is 18.5 Å². The lowest BCUT2D eigenvalue weighted by Crippen LogP contribution is -2.25. The fraction of sp³-hybridized carbons (Fsp3) is 0.350. The average molecular weight is 363 g/mol. The van der Waals surface area contributed by atoms with Crippen LogP contribution in [0.2, 0.25) is 0 Å². The molecule has 0 aliphatic carbocycles. The van der Waals surface area contributed by atoms with Crippen molar-refractivity contribution in [2.75, 3.05) is 13.2 Å². The Morgan fingerprint density at radius 3 is 2.96 bits per heavy atom. The van der Waals surface area contributed by atoms with E-state index in [9.17, 15) is 4.79 Å². The van der Waals surface area contributed by atoms with Crippen LogP contribution in [0.4, 0.5) is 0 Å². The molecule has 2 N–H and O–H groups in total. The molecule has 0 spiro atoms. The first kappa shape index (κ1) is 16.3. The van der Waals surface area contributed by atoms with Crippen LogP contribution in [0.15, 0.2) is 35.4 Å². The van der Waals surface area contributed by atoms with Crippen molar-refractivity contribution >= 4 is 22.2 Å². The van der Waals surface area contributed by atoms with Crippen molar-refractivity contribution in [2.24, 2.45) is 5.92 Å². The van der Waals surface area contributed by atoms with Crippen LogP contribution in [-0.4, -0.2) is 37.7 Å². The number of rotatable bonds is 3. The van der Waals surface area contributed by atoms with Crippen LogP contribution in [0, 0.1) is 12.8 Å². The lowest BCUT2D eigenvalue weighted by molar-refractivity contribution is 0.0613. The van der Waals surface area contributed by atoms with Gasteiger partial charge in [-0.1, -0.05) is 0 Å². The summed E-state index contributed by atoms with van der Waals surface area (Å²) in [5, 5.41) is 1.06. The molecule has 0 unspecified atom stereocenters. The van der Waals surface area contributed by atoms with Gasteiger partial charge < -0.3 is 9.72 Å². The van der Waals surface area contributed by atoms with Gasteiger partial charge in [-0.05, 0) is 43.9 Å². The lowest BCUT2D eigenvalue weighted by atomic mass is 10.0. The predicted octanol–water partition coefficient (Wildman–Crippen LogP) is 3.00. The number of hydrogen-bond donors (Lipinski definition) is 2. The topological polar surface area (TPSA) is 88.6 Å². The van der Waals surface area contributed by atoms with Crippen molar-refractivity contribution < 1.29 is 4.74 Å². The van der Waals surface area contributed by atoms with E-state index >= 15 is 0 Å². The number of H-pyrrole nitrogens is 2. The zero-order chi connectivity index (χ0) is 18.4. The first-order valence-corrected chi connectivity index (χ1v) is 9.30. The minimum Gasteiger partial charge on any atom is -0.381 e. The van der Waals surface area contributed by atoms with E-state index in [0.29, 0.717) is 18.1 Å². The van der Waals surface area contributed by atoms with Crippen LogP contribution in [0.5, 0.6) is 0 Å². The van der Waals surface area contributed by atoms with Crippen LogP contribution in [0.3, 0.4) is 0 Å². The second-order valence-corrected chi connectivity index (χ2v) is 7.23. The third-order valence-electron chi connectivity index (χ3n) is 5.45. The fourth-order valence-corrected chi connectivity index (χ4v) is 3.92. The minimum atomic E-state index is -0.0999. The number of aromatic nitrogens is 5. The van der Waals surface area contributed by atoms with Gasteiger partial charge in [-0.3, -0.25) is 9.55 Å². The van der Waals surface area contributed by atoms with Gasteiger partial charge in [0.05, 0.1) is 5.52 Å². The highest BCUT2D eigenvalue weighted by Crippen LogP contribution is 2.27. The maximum atomic E-state index is 12.5. The highest BCUT2D eigenvalue weighted by atomic mass is 16.5. The Kier molecular flexibility index (Phi) is 3.82. The second kappa shape index (κ2) is 6.35. The van der Waals surface area contributed by atoms with Gasteiger partial charge in [0.25, 0.3) is 0 Å². The second-order valence-electron chi connectivity index (χ2n) is 7.23. The summed E-state index contributed by atoms with van der Waals surface area (Å²) in [6, 6.07) is 6.17. The summed E-state index contributed by atoms with van der Waals surface area (Å²) in [5.74, 6) is 0.457. The van der Waals surface area contributed by atoms with Crippen molar-refractivity contribution in [2.45, 2.75) is 26.3 Å². The van der Waals surface area contributed by atoms with Crippen LogP contribution >= 0.6 is 0 Å². The van der Waals surface area contributed by atoms with Crippen LogP contribution in [0.25, 0.3) is 33.3 Å². The Hall–Kier alpha value is -2.93. The third kappa shape index (κ3) is 2.84. The molecule has 7 nitrogen and oxygen atoms in total. The monoisotopic (exact) mass is 363 g/mol. The Bertz CT molecular complexity index is 1180. The molecule has 0 saturated carbocycles. The van der Waals surface area contributed by atoms with E-state index in [1.54, 1.807) is 6.20 Å². The summed E-state index contributed by atoms with van der Waals surface area (Å²) >= 11 is 0. The van der Waals surface area contributed by atoms with E-state index in [-0.39, 0.29) is 5.69 Å².